The third kappa shape index (κ3) is 3.65. The Hall–Kier alpha value is -3.65. The number of aromatic amines is 1. The van der Waals surface area contributed by atoms with Crippen LogP contribution in [-0.4, -0.2) is 25.3 Å². The maximum Gasteiger partial charge on any atom is 0.329 e. The van der Waals surface area contributed by atoms with Gasteiger partial charge in [-0.05, 0) is 31.2 Å². The molecule has 152 valence electrons. The first-order chi connectivity index (χ1) is 14.5. The van der Waals surface area contributed by atoms with Crippen LogP contribution in [0.5, 0.6) is 0 Å². The molecule has 0 bridgehead atoms. The fourth-order valence-electron chi connectivity index (χ4n) is 3.16. The molecule has 0 aliphatic heterocycles. The van der Waals surface area contributed by atoms with Crippen LogP contribution in [0.1, 0.15) is 11.3 Å². The van der Waals surface area contributed by atoms with Gasteiger partial charge < -0.3 is 4.74 Å². The van der Waals surface area contributed by atoms with Gasteiger partial charge in [0.25, 0.3) is 5.56 Å². The zero-order valence-electron chi connectivity index (χ0n) is 16.0. The van der Waals surface area contributed by atoms with Crippen LogP contribution in [0.15, 0.2) is 64.2 Å². The molecule has 2 aromatic heterocycles. The summed E-state index contributed by atoms with van der Waals surface area (Å²) in [5.74, 6) is -0.641. The Morgan fingerprint density at radius 1 is 1.10 bits per heavy atom. The van der Waals surface area contributed by atoms with Gasteiger partial charge in [-0.2, -0.15) is 5.10 Å². The third-order valence-corrected chi connectivity index (χ3v) is 5.08. The number of nitrogens with zero attached hydrogens (tertiary/aromatic N) is 3. The number of hydrogen-bond donors (Lipinski definition) is 1. The number of halogens is 1. The van der Waals surface area contributed by atoms with Crippen LogP contribution >= 0.6 is 11.6 Å². The first-order valence-electron chi connectivity index (χ1n) is 9.12. The molecule has 2 heterocycles. The standard InChI is InChI=1S/C21H17ClN4O4/c1-13-16(19(22)26(24-13)14-7-3-2-4-8-14)12-30-18(27)11-25-17-10-6-5-9-15(17)20(28)23-21(25)29/h2-10H,11-12H2,1H3,(H,23,28,29). The molecule has 0 atom stereocenters. The van der Waals surface area contributed by atoms with E-state index in [1.165, 1.54) is 4.57 Å². The predicted octanol–water partition coefficient (Wildman–Crippen LogP) is 2.58. The number of fused-ring (bicyclic) bond motifs is 1. The Labute approximate surface area is 175 Å². The minimum absolute atomic E-state index is 0.0909. The molecule has 0 saturated carbocycles. The van der Waals surface area contributed by atoms with Crippen molar-refractivity contribution in [2.75, 3.05) is 0 Å². The van der Waals surface area contributed by atoms with Crippen LogP contribution in [0.2, 0.25) is 5.15 Å². The van der Waals surface area contributed by atoms with E-state index in [1.807, 2.05) is 30.3 Å². The number of ether oxygens (including phenoxy) is 1. The molecule has 0 fully saturated rings. The topological polar surface area (TPSA) is 99.0 Å². The van der Waals surface area contributed by atoms with Crippen molar-refractivity contribution in [1.29, 1.82) is 0 Å². The second kappa shape index (κ2) is 8.00. The Balaban J connectivity index is 1.55. The number of benzene rings is 2. The van der Waals surface area contributed by atoms with Crippen LogP contribution in [-0.2, 0) is 22.7 Å². The molecule has 8 nitrogen and oxygen atoms in total. The van der Waals surface area contributed by atoms with Crippen LogP contribution in [0, 0.1) is 6.92 Å². The lowest BCUT2D eigenvalue weighted by Crippen LogP contribution is -2.32. The number of hydrogen-bond acceptors (Lipinski definition) is 5. The van der Waals surface area contributed by atoms with Crippen molar-refractivity contribution in [1.82, 2.24) is 19.3 Å². The van der Waals surface area contributed by atoms with E-state index in [2.05, 4.69) is 10.1 Å². The number of carbonyl (C=O) groups is 1. The minimum Gasteiger partial charge on any atom is -0.459 e. The van der Waals surface area contributed by atoms with Crippen LogP contribution in [0.25, 0.3) is 16.6 Å². The predicted molar refractivity (Wildman–Crippen MR) is 112 cm³/mol. The average Bonchev–Trinajstić information content (AvgIpc) is 3.03. The lowest BCUT2D eigenvalue weighted by molar-refractivity contribution is -0.145. The number of rotatable bonds is 5. The number of carbonyl (C=O) groups excluding carboxylic acids is 1. The Bertz CT molecular complexity index is 1360. The number of aromatic nitrogens is 4. The monoisotopic (exact) mass is 424 g/mol. The van der Waals surface area contributed by atoms with E-state index in [0.29, 0.717) is 27.3 Å². The summed E-state index contributed by atoms with van der Waals surface area (Å²) in [4.78, 5) is 38.8. The molecule has 0 amide bonds. The fraction of sp³-hybridized carbons (Fsp3) is 0.143. The molecule has 30 heavy (non-hydrogen) atoms. The highest BCUT2D eigenvalue weighted by Crippen LogP contribution is 2.24. The largest absolute Gasteiger partial charge is 0.459 e. The van der Waals surface area contributed by atoms with Crippen molar-refractivity contribution in [2.24, 2.45) is 0 Å². The van der Waals surface area contributed by atoms with Gasteiger partial charge in [0.1, 0.15) is 18.3 Å². The Morgan fingerprint density at radius 2 is 1.80 bits per heavy atom. The summed E-state index contributed by atoms with van der Waals surface area (Å²) in [6, 6.07) is 15.9. The molecular weight excluding hydrogens is 408 g/mol. The first kappa shape index (κ1) is 19.7. The van der Waals surface area contributed by atoms with Gasteiger partial charge in [-0.3, -0.25) is 19.1 Å². The number of para-hydroxylation sites is 2. The van der Waals surface area contributed by atoms with E-state index >= 15 is 0 Å². The number of esters is 1. The molecule has 0 spiro atoms. The quantitative estimate of drug-likeness (QED) is 0.496. The third-order valence-electron chi connectivity index (χ3n) is 4.69. The van der Waals surface area contributed by atoms with Crippen LogP contribution in [0.3, 0.4) is 0 Å². The number of aryl methyl sites for hydroxylation is 1. The molecule has 2 aromatic carbocycles. The maximum atomic E-state index is 12.4. The van der Waals surface area contributed by atoms with Gasteiger partial charge in [0, 0.05) is 5.56 Å². The van der Waals surface area contributed by atoms with Crippen molar-refractivity contribution >= 4 is 28.5 Å². The van der Waals surface area contributed by atoms with Gasteiger partial charge in [-0.25, -0.2) is 9.48 Å². The van der Waals surface area contributed by atoms with Crippen molar-refractivity contribution in [3.63, 3.8) is 0 Å². The highest BCUT2D eigenvalue weighted by atomic mass is 35.5. The number of nitrogens with one attached hydrogen (secondary N) is 1. The van der Waals surface area contributed by atoms with Crippen LogP contribution < -0.4 is 11.2 Å². The molecule has 1 N–H and O–H groups in total. The normalized spacial score (nSPS) is 11.0. The van der Waals surface area contributed by atoms with E-state index in [9.17, 15) is 14.4 Å². The Kier molecular flexibility index (Phi) is 5.24. The maximum absolute atomic E-state index is 12.4. The SMILES string of the molecule is Cc1nn(-c2ccccc2)c(Cl)c1COC(=O)Cn1c(=O)[nH]c(=O)c2ccccc21. The molecule has 9 heteroatoms. The summed E-state index contributed by atoms with van der Waals surface area (Å²) in [5.41, 5.74) is 1.16. The lowest BCUT2D eigenvalue weighted by atomic mass is 10.2. The zero-order chi connectivity index (χ0) is 21.3. The fourth-order valence-corrected chi connectivity index (χ4v) is 3.49. The van der Waals surface area contributed by atoms with Crippen molar-refractivity contribution in [3.05, 3.63) is 91.8 Å². The van der Waals surface area contributed by atoms with E-state index in [-0.39, 0.29) is 13.2 Å². The molecule has 4 rings (SSSR count). The van der Waals surface area contributed by atoms with Gasteiger partial charge in [0.2, 0.25) is 0 Å². The smallest absolute Gasteiger partial charge is 0.329 e. The molecule has 0 aliphatic rings. The Morgan fingerprint density at radius 3 is 2.57 bits per heavy atom. The number of H-pyrrole nitrogens is 1. The molecule has 0 saturated heterocycles. The van der Waals surface area contributed by atoms with E-state index in [0.717, 1.165) is 5.69 Å². The summed E-state index contributed by atoms with van der Waals surface area (Å²) in [6.45, 7) is 1.33. The summed E-state index contributed by atoms with van der Waals surface area (Å²) in [7, 11) is 0. The highest BCUT2D eigenvalue weighted by Gasteiger charge is 2.17. The van der Waals surface area contributed by atoms with Crippen molar-refractivity contribution in [3.8, 4) is 5.69 Å². The molecule has 0 aliphatic carbocycles. The van der Waals surface area contributed by atoms with Gasteiger partial charge >= 0.3 is 11.7 Å². The molecular formula is C21H17ClN4O4. The van der Waals surface area contributed by atoms with Gasteiger partial charge in [0.05, 0.1) is 22.3 Å². The van der Waals surface area contributed by atoms with Gasteiger partial charge in [-0.15, -0.1) is 0 Å². The zero-order valence-corrected chi connectivity index (χ0v) is 16.7. The van der Waals surface area contributed by atoms with Crippen LogP contribution in [0.4, 0.5) is 0 Å². The minimum atomic E-state index is -0.679. The first-order valence-corrected chi connectivity index (χ1v) is 9.50. The lowest BCUT2D eigenvalue weighted by Gasteiger charge is -2.09. The van der Waals surface area contributed by atoms with Crippen molar-refractivity contribution in [2.45, 2.75) is 20.1 Å². The van der Waals surface area contributed by atoms with Gasteiger partial charge in [0.15, 0.2) is 0 Å². The second-order valence-electron chi connectivity index (χ2n) is 6.63. The summed E-state index contributed by atoms with van der Waals surface area (Å²) in [5, 5.41) is 5.06. The van der Waals surface area contributed by atoms with Gasteiger partial charge in [-0.1, -0.05) is 41.9 Å². The highest BCUT2D eigenvalue weighted by molar-refractivity contribution is 6.30. The molecule has 0 radical (unpaired) electrons. The van der Waals surface area contributed by atoms with Crippen molar-refractivity contribution < 1.29 is 9.53 Å². The molecule has 4 aromatic rings. The van der Waals surface area contributed by atoms with E-state index in [4.69, 9.17) is 16.3 Å². The summed E-state index contributed by atoms with van der Waals surface area (Å²) >= 11 is 6.44. The molecule has 0 unspecified atom stereocenters. The average molecular weight is 425 g/mol. The summed E-state index contributed by atoms with van der Waals surface area (Å²) < 4.78 is 8.09. The summed E-state index contributed by atoms with van der Waals surface area (Å²) in [6.07, 6.45) is 0. The second-order valence-corrected chi connectivity index (χ2v) is 6.98. The van der Waals surface area contributed by atoms with E-state index < -0.39 is 17.2 Å². The van der Waals surface area contributed by atoms with E-state index in [1.54, 1.807) is 35.9 Å².